The molecule has 1 fully saturated rings. The lowest BCUT2D eigenvalue weighted by atomic mass is 10.0. The summed E-state index contributed by atoms with van der Waals surface area (Å²) in [5.74, 6) is 1.68. The van der Waals surface area contributed by atoms with E-state index in [0.29, 0.717) is 13.3 Å². The van der Waals surface area contributed by atoms with Gasteiger partial charge in [-0.1, -0.05) is 13.0 Å². The highest BCUT2D eigenvalue weighted by Crippen LogP contribution is 2.35. The van der Waals surface area contributed by atoms with Gasteiger partial charge in [0.25, 0.3) is 0 Å². The third-order valence-electron chi connectivity index (χ3n) is 4.39. The molecule has 2 aliphatic heterocycles. The molecule has 5 heteroatoms. The molecule has 5 nitrogen and oxygen atoms in total. The van der Waals surface area contributed by atoms with Crippen LogP contribution in [-0.4, -0.2) is 55.9 Å². The maximum atomic E-state index is 6.05. The van der Waals surface area contributed by atoms with E-state index in [0.717, 1.165) is 37.7 Å². The predicted octanol–water partition coefficient (Wildman–Crippen LogP) is 1.44. The summed E-state index contributed by atoms with van der Waals surface area (Å²) >= 11 is 0. The van der Waals surface area contributed by atoms with Gasteiger partial charge in [0.2, 0.25) is 6.79 Å². The Bertz CT molecular complexity index is 473. The summed E-state index contributed by atoms with van der Waals surface area (Å²) in [5, 5.41) is 0. The van der Waals surface area contributed by atoms with E-state index >= 15 is 0 Å². The van der Waals surface area contributed by atoms with Gasteiger partial charge in [-0.2, -0.15) is 0 Å². The first kappa shape index (κ1) is 14.6. The van der Waals surface area contributed by atoms with Crippen molar-refractivity contribution in [3.05, 3.63) is 23.8 Å². The highest BCUT2D eigenvalue weighted by Gasteiger charge is 2.25. The van der Waals surface area contributed by atoms with Crippen LogP contribution in [0.5, 0.6) is 11.5 Å². The van der Waals surface area contributed by atoms with Gasteiger partial charge in [-0.05, 0) is 30.7 Å². The van der Waals surface area contributed by atoms with Crippen LogP contribution in [0.2, 0.25) is 0 Å². The Morgan fingerprint density at radius 3 is 2.62 bits per heavy atom. The van der Waals surface area contributed by atoms with Crippen LogP contribution in [0.4, 0.5) is 0 Å². The van der Waals surface area contributed by atoms with E-state index in [9.17, 15) is 0 Å². The second-order valence-corrected chi connectivity index (χ2v) is 5.74. The van der Waals surface area contributed by atoms with Crippen LogP contribution in [0.15, 0.2) is 18.2 Å². The molecule has 0 aromatic heterocycles. The van der Waals surface area contributed by atoms with Crippen LogP contribution in [0, 0.1) is 0 Å². The molecule has 0 amide bonds. The normalized spacial score (nSPS) is 20.7. The van der Waals surface area contributed by atoms with E-state index in [4.69, 9.17) is 15.2 Å². The molecule has 2 N–H and O–H groups in total. The van der Waals surface area contributed by atoms with Crippen molar-refractivity contribution in [1.29, 1.82) is 0 Å². The second kappa shape index (κ2) is 6.64. The van der Waals surface area contributed by atoms with Crippen molar-refractivity contribution in [1.82, 2.24) is 9.80 Å². The topological polar surface area (TPSA) is 51.0 Å². The van der Waals surface area contributed by atoms with Gasteiger partial charge < -0.3 is 20.1 Å². The number of piperazine rings is 1. The number of nitrogens with zero attached hydrogens (tertiary/aromatic N) is 2. The van der Waals surface area contributed by atoms with Crippen molar-refractivity contribution < 1.29 is 9.47 Å². The molecule has 1 aromatic rings. The molecule has 1 saturated heterocycles. The zero-order valence-electron chi connectivity index (χ0n) is 12.8. The zero-order chi connectivity index (χ0) is 14.7. The second-order valence-electron chi connectivity index (χ2n) is 5.74. The van der Waals surface area contributed by atoms with E-state index in [1.165, 1.54) is 18.5 Å². The Hall–Kier alpha value is -1.30. The molecule has 0 spiro atoms. The lowest BCUT2D eigenvalue weighted by Gasteiger charge is -2.39. The van der Waals surface area contributed by atoms with E-state index in [1.807, 2.05) is 6.07 Å². The molecule has 116 valence electrons. The van der Waals surface area contributed by atoms with Gasteiger partial charge in [-0.25, -0.2) is 0 Å². The van der Waals surface area contributed by atoms with Crippen LogP contribution < -0.4 is 15.2 Å². The average Bonchev–Trinajstić information content (AvgIpc) is 2.98. The summed E-state index contributed by atoms with van der Waals surface area (Å²) in [6.45, 7) is 8.82. The smallest absolute Gasteiger partial charge is 0.231 e. The Morgan fingerprint density at radius 1 is 1.14 bits per heavy atom. The summed E-state index contributed by atoms with van der Waals surface area (Å²) < 4.78 is 10.9. The molecule has 2 heterocycles. The maximum absolute atomic E-state index is 6.05. The minimum absolute atomic E-state index is 0.267. The fourth-order valence-corrected chi connectivity index (χ4v) is 3.23. The molecule has 1 atom stereocenters. The third-order valence-corrected chi connectivity index (χ3v) is 4.39. The number of hydrogen-bond donors (Lipinski definition) is 1. The van der Waals surface area contributed by atoms with Crippen LogP contribution >= 0.6 is 0 Å². The standard InChI is InChI=1S/C16H25N3O2/c1-2-5-18-6-8-19(9-7-18)14(11-17)13-3-4-15-16(10-13)21-12-20-15/h3-4,10,14H,2,5-9,11-12,17H2,1H3. The number of fused-ring (bicyclic) bond motifs is 1. The van der Waals surface area contributed by atoms with E-state index in [-0.39, 0.29) is 6.04 Å². The molecule has 3 rings (SSSR count). The van der Waals surface area contributed by atoms with Crippen molar-refractivity contribution in [3.8, 4) is 11.5 Å². The van der Waals surface area contributed by atoms with E-state index < -0.39 is 0 Å². The first-order valence-corrected chi connectivity index (χ1v) is 7.88. The zero-order valence-corrected chi connectivity index (χ0v) is 12.8. The number of rotatable bonds is 5. The Labute approximate surface area is 126 Å². The van der Waals surface area contributed by atoms with Gasteiger partial charge in [0, 0.05) is 38.8 Å². The summed E-state index contributed by atoms with van der Waals surface area (Å²) in [6.07, 6.45) is 1.22. The molecular weight excluding hydrogens is 266 g/mol. The van der Waals surface area contributed by atoms with Gasteiger partial charge in [0.05, 0.1) is 0 Å². The Morgan fingerprint density at radius 2 is 1.90 bits per heavy atom. The average molecular weight is 291 g/mol. The molecule has 0 radical (unpaired) electrons. The predicted molar refractivity (Wildman–Crippen MR) is 82.7 cm³/mol. The highest BCUT2D eigenvalue weighted by molar-refractivity contribution is 5.45. The molecule has 0 aliphatic carbocycles. The van der Waals surface area contributed by atoms with Crippen molar-refractivity contribution in [2.24, 2.45) is 5.73 Å². The van der Waals surface area contributed by atoms with Gasteiger partial charge in [0.15, 0.2) is 11.5 Å². The van der Waals surface area contributed by atoms with Crippen molar-refractivity contribution >= 4 is 0 Å². The highest BCUT2D eigenvalue weighted by atomic mass is 16.7. The SMILES string of the molecule is CCCN1CCN(C(CN)c2ccc3c(c2)OCO3)CC1. The van der Waals surface area contributed by atoms with Gasteiger partial charge in [-0.3, -0.25) is 4.90 Å². The summed E-state index contributed by atoms with van der Waals surface area (Å²) in [4.78, 5) is 5.02. The molecule has 0 saturated carbocycles. The molecule has 21 heavy (non-hydrogen) atoms. The lowest BCUT2D eigenvalue weighted by molar-refractivity contribution is 0.0984. The number of nitrogens with two attached hydrogens (primary N) is 1. The van der Waals surface area contributed by atoms with Crippen molar-refractivity contribution in [3.63, 3.8) is 0 Å². The van der Waals surface area contributed by atoms with Crippen molar-refractivity contribution in [2.45, 2.75) is 19.4 Å². The summed E-state index contributed by atoms with van der Waals surface area (Å²) in [5.41, 5.74) is 7.27. The summed E-state index contributed by atoms with van der Waals surface area (Å²) in [6, 6.07) is 6.46. The molecule has 2 aliphatic rings. The van der Waals surface area contributed by atoms with Crippen LogP contribution in [0.1, 0.15) is 24.9 Å². The van der Waals surface area contributed by atoms with Gasteiger partial charge in [-0.15, -0.1) is 0 Å². The van der Waals surface area contributed by atoms with Crippen LogP contribution in [0.3, 0.4) is 0 Å². The molecular formula is C16H25N3O2. The maximum Gasteiger partial charge on any atom is 0.231 e. The van der Waals surface area contributed by atoms with Gasteiger partial charge >= 0.3 is 0 Å². The molecule has 1 aromatic carbocycles. The van der Waals surface area contributed by atoms with E-state index in [1.54, 1.807) is 0 Å². The fourth-order valence-electron chi connectivity index (χ4n) is 3.23. The Kier molecular flexibility index (Phi) is 4.63. The van der Waals surface area contributed by atoms with Crippen molar-refractivity contribution in [2.75, 3.05) is 46.1 Å². The third kappa shape index (κ3) is 3.15. The number of hydrogen-bond acceptors (Lipinski definition) is 5. The lowest BCUT2D eigenvalue weighted by Crippen LogP contribution is -2.49. The largest absolute Gasteiger partial charge is 0.454 e. The Balaban J connectivity index is 1.68. The summed E-state index contributed by atoms with van der Waals surface area (Å²) in [7, 11) is 0. The fraction of sp³-hybridized carbons (Fsp3) is 0.625. The van der Waals surface area contributed by atoms with Crippen LogP contribution in [-0.2, 0) is 0 Å². The first-order valence-electron chi connectivity index (χ1n) is 7.88. The molecule has 1 unspecified atom stereocenters. The number of benzene rings is 1. The monoisotopic (exact) mass is 291 g/mol. The number of ether oxygens (including phenoxy) is 2. The van der Waals surface area contributed by atoms with Gasteiger partial charge in [0.1, 0.15) is 0 Å². The van der Waals surface area contributed by atoms with E-state index in [2.05, 4.69) is 28.9 Å². The van der Waals surface area contributed by atoms with Crippen LogP contribution in [0.25, 0.3) is 0 Å². The molecule has 0 bridgehead atoms. The minimum Gasteiger partial charge on any atom is -0.454 e. The quantitative estimate of drug-likeness (QED) is 0.890. The minimum atomic E-state index is 0.267. The first-order chi connectivity index (χ1) is 10.3.